The summed E-state index contributed by atoms with van der Waals surface area (Å²) in [5.74, 6) is 0.858. The highest BCUT2D eigenvalue weighted by Crippen LogP contribution is 2.28. The Morgan fingerprint density at radius 2 is 2.12 bits per heavy atom. The number of anilines is 2. The van der Waals surface area contributed by atoms with Gasteiger partial charge in [-0.3, -0.25) is 5.10 Å². The number of aromatic amines is 1. The number of hydrogen-bond acceptors (Lipinski definition) is 3. The van der Waals surface area contributed by atoms with Crippen LogP contribution < -0.4 is 5.32 Å². The summed E-state index contributed by atoms with van der Waals surface area (Å²) in [6.07, 6.45) is 1.69. The Bertz CT molecular complexity index is 666. The number of rotatable bonds is 2. The van der Waals surface area contributed by atoms with Gasteiger partial charge in [-0.15, -0.1) is 0 Å². The minimum atomic E-state index is 0.858. The molecule has 0 unspecified atom stereocenters. The van der Waals surface area contributed by atoms with Gasteiger partial charge in [-0.05, 0) is 32.0 Å². The fraction of sp³-hybridized carbons (Fsp3) is 0.154. The molecule has 0 atom stereocenters. The van der Waals surface area contributed by atoms with Crippen LogP contribution in [0.4, 0.5) is 11.5 Å². The maximum absolute atomic E-state index is 5.36. The first-order valence-corrected chi connectivity index (χ1v) is 5.50. The Labute approximate surface area is 98.6 Å². The molecule has 2 heterocycles. The second-order valence-electron chi connectivity index (χ2n) is 4.09. The SMILES string of the molecule is Cc1[nH]nc(Nc2cccc3occc23)c1C. The topological polar surface area (TPSA) is 53.9 Å². The summed E-state index contributed by atoms with van der Waals surface area (Å²) in [6, 6.07) is 7.87. The molecule has 0 aliphatic rings. The van der Waals surface area contributed by atoms with Crippen molar-refractivity contribution in [3.05, 3.63) is 41.8 Å². The predicted octanol–water partition coefficient (Wildman–Crippen LogP) is 3.52. The van der Waals surface area contributed by atoms with Gasteiger partial charge in [0.05, 0.1) is 12.0 Å². The smallest absolute Gasteiger partial charge is 0.155 e. The maximum Gasteiger partial charge on any atom is 0.155 e. The summed E-state index contributed by atoms with van der Waals surface area (Å²) >= 11 is 0. The Kier molecular flexibility index (Phi) is 2.14. The largest absolute Gasteiger partial charge is 0.464 e. The van der Waals surface area contributed by atoms with Gasteiger partial charge in [0.2, 0.25) is 0 Å². The summed E-state index contributed by atoms with van der Waals surface area (Å²) in [7, 11) is 0. The number of H-pyrrole nitrogens is 1. The summed E-state index contributed by atoms with van der Waals surface area (Å²) in [5.41, 5.74) is 4.09. The van der Waals surface area contributed by atoms with Crippen LogP contribution in [0, 0.1) is 13.8 Å². The van der Waals surface area contributed by atoms with Crippen LogP contribution >= 0.6 is 0 Å². The Balaban J connectivity index is 2.05. The highest BCUT2D eigenvalue weighted by atomic mass is 16.3. The zero-order valence-corrected chi connectivity index (χ0v) is 9.74. The van der Waals surface area contributed by atoms with Crippen LogP contribution in [0.2, 0.25) is 0 Å². The van der Waals surface area contributed by atoms with Crippen LogP contribution in [0.15, 0.2) is 34.9 Å². The summed E-state index contributed by atoms with van der Waals surface area (Å²) in [4.78, 5) is 0. The number of furan rings is 1. The van der Waals surface area contributed by atoms with E-state index in [4.69, 9.17) is 4.42 Å². The van der Waals surface area contributed by atoms with Crippen LogP contribution in [0.1, 0.15) is 11.3 Å². The first-order valence-electron chi connectivity index (χ1n) is 5.50. The van der Waals surface area contributed by atoms with Gasteiger partial charge in [0.1, 0.15) is 5.58 Å². The Hall–Kier alpha value is -2.23. The van der Waals surface area contributed by atoms with Gasteiger partial charge in [0, 0.05) is 16.6 Å². The fourth-order valence-electron chi connectivity index (χ4n) is 1.84. The number of aromatic nitrogens is 2. The number of hydrogen-bond donors (Lipinski definition) is 2. The van der Waals surface area contributed by atoms with Crippen LogP contribution in [-0.4, -0.2) is 10.2 Å². The normalized spacial score (nSPS) is 10.9. The quantitative estimate of drug-likeness (QED) is 0.704. The molecule has 0 fully saturated rings. The number of fused-ring (bicyclic) bond motifs is 1. The molecule has 0 radical (unpaired) electrons. The second-order valence-corrected chi connectivity index (χ2v) is 4.09. The monoisotopic (exact) mass is 227 g/mol. The molecule has 2 N–H and O–H groups in total. The third kappa shape index (κ3) is 1.58. The molecule has 2 aromatic heterocycles. The lowest BCUT2D eigenvalue weighted by atomic mass is 10.2. The van der Waals surface area contributed by atoms with Crippen molar-refractivity contribution in [1.82, 2.24) is 10.2 Å². The Morgan fingerprint density at radius 1 is 1.24 bits per heavy atom. The lowest BCUT2D eigenvalue weighted by Crippen LogP contribution is -1.92. The molecule has 3 rings (SSSR count). The van der Waals surface area contributed by atoms with Gasteiger partial charge >= 0.3 is 0 Å². The zero-order valence-electron chi connectivity index (χ0n) is 9.74. The van der Waals surface area contributed by atoms with Crippen LogP contribution in [0.5, 0.6) is 0 Å². The molecule has 86 valence electrons. The molecule has 4 nitrogen and oxygen atoms in total. The van der Waals surface area contributed by atoms with E-state index < -0.39 is 0 Å². The maximum atomic E-state index is 5.36. The average molecular weight is 227 g/mol. The molecule has 0 spiro atoms. The molecule has 0 aliphatic carbocycles. The minimum Gasteiger partial charge on any atom is -0.464 e. The standard InChI is InChI=1S/C13H13N3O/c1-8-9(2)15-16-13(8)14-11-4-3-5-12-10(11)6-7-17-12/h3-7H,1-2H3,(H2,14,15,16). The van der Waals surface area contributed by atoms with Gasteiger partial charge in [0.25, 0.3) is 0 Å². The average Bonchev–Trinajstić information content (AvgIpc) is 2.91. The first kappa shape index (κ1) is 9.96. The molecular formula is C13H13N3O. The van der Waals surface area contributed by atoms with E-state index in [1.807, 2.05) is 38.1 Å². The van der Waals surface area contributed by atoms with Crippen LogP contribution in [0.25, 0.3) is 11.0 Å². The van der Waals surface area contributed by atoms with Gasteiger partial charge in [-0.1, -0.05) is 6.07 Å². The van der Waals surface area contributed by atoms with Gasteiger partial charge in [-0.25, -0.2) is 0 Å². The van der Waals surface area contributed by atoms with Crippen molar-refractivity contribution in [2.45, 2.75) is 13.8 Å². The molecule has 0 bridgehead atoms. The van der Waals surface area contributed by atoms with Gasteiger partial charge in [0.15, 0.2) is 5.82 Å². The summed E-state index contributed by atoms with van der Waals surface area (Å²) in [5, 5.41) is 11.6. The van der Waals surface area contributed by atoms with E-state index in [-0.39, 0.29) is 0 Å². The highest BCUT2D eigenvalue weighted by molar-refractivity contribution is 5.92. The third-order valence-corrected chi connectivity index (χ3v) is 3.00. The van der Waals surface area contributed by atoms with Crippen molar-refractivity contribution in [3.63, 3.8) is 0 Å². The molecule has 3 aromatic rings. The number of nitrogens with one attached hydrogen (secondary N) is 2. The molecule has 0 aliphatic heterocycles. The highest BCUT2D eigenvalue weighted by Gasteiger charge is 2.08. The molecular weight excluding hydrogens is 214 g/mol. The van der Waals surface area contributed by atoms with E-state index in [9.17, 15) is 0 Å². The van der Waals surface area contributed by atoms with Crippen molar-refractivity contribution in [3.8, 4) is 0 Å². The number of aryl methyl sites for hydroxylation is 1. The first-order chi connectivity index (χ1) is 8.25. The van der Waals surface area contributed by atoms with Crippen molar-refractivity contribution < 1.29 is 4.42 Å². The fourth-order valence-corrected chi connectivity index (χ4v) is 1.84. The van der Waals surface area contributed by atoms with Gasteiger partial charge in [-0.2, -0.15) is 5.10 Å². The third-order valence-electron chi connectivity index (χ3n) is 3.00. The van der Waals surface area contributed by atoms with Crippen molar-refractivity contribution in [1.29, 1.82) is 0 Å². The van der Waals surface area contributed by atoms with E-state index in [1.54, 1.807) is 6.26 Å². The van der Waals surface area contributed by atoms with E-state index >= 15 is 0 Å². The molecule has 0 amide bonds. The van der Waals surface area contributed by atoms with Crippen molar-refractivity contribution >= 4 is 22.5 Å². The number of benzene rings is 1. The van der Waals surface area contributed by atoms with Crippen molar-refractivity contribution in [2.24, 2.45) is 0 Å². The summed E-state index contributed by atoms with van der Waals surface area (Å²) < 4.78 is 5.36. The lowest BCUT2D eigenvalue weighted by Gasteiger charge is -2.05. The molecule has 17 heavy (non-hydrogen) atoms. The molecule has 4 heteroatoms. The van der Waals surface area contributed by atoms with E-state index in [0.29, 0.717) is 0 Å². The van der Waals surface area contributed by atoms with Crippen LogP contribution in [-0.2, 0) is 0 Å². The number of nitrogens with zero attached hydrogens (tertiary/aromatic N) is 1. The minimum absolute atomic E-state index is 0.858. The zero-order chi connectivity index (χ0) is 11.8. The Morgan fingerprint density at radius 3 is 2.88 bits per heavy atom. The van der Waals surface area contributed by atoms with E-state index in [1.165, 1.54) is 0 Å². The second kappa shape index (κ2) is 3.66. The van der Waals surface area contributed by atoms with Crippen LogP contribution in [0.3, 0.4) is 0 Å². The van der Waals surface area contributed by atoms with E-state index in [2.05, 4.69) is 15.5 Å². The lowest BCUT2D eigenvalue weighted by molar-refractivity contribution is 0.616. The molecule has 1 aromatic carbocycles. The molecule has 0 saturated carbocycles. The van der Waals surface area contributed by atoms with E-state index in [0.717, 1.165) is 33.7 Å². The molecule has 0 saturated heterocycles. The van der Waals surface area contributed by atoms with Gasteiger partial charge < -0.3 is 9.73 Å². The van der Waals surface area contributed by atoms with Crippen molar-refractivity contribution in [2.75, 3.05) is 5.32 Å². The summed E-state index contributed by atoms with van der Waals surface area (Å²) in [6.45, 7) is 4.04. The predicted molar refractivity (Wildman–Crippen MR) is 67.6 cm³/mol.